The molecule has 0 aromatic heterocycles. The molecule has 0 saturated heterocycles. The highest BCUT2D eigenvalue weighted by Gasteiger charge is 2.60. The number of esters is 1. The Hall–Kier alpha value is -0.790. The Labute approximate surface area is 293 Å². The first-order valence-corrected chi connectivity index (χ1v) is 21.6. The molecule has 0 aromatic carbocycles. The first-order valence-electron chi connectivity index (χ1n) is 21.6. The molecule has 2 nitrogen and oxygen atoms in total. The minimum Gasteiger partial charge on any atom is -0.465 e. The second kappa shape index (κ2) is 20.2. The van der Waals surface area contributed by atoms with E-state index in [4.69, 9.17) is 4.74 Å². The van der Waals surface area contributed by atoms with Gasteiger partial charge in [-0.15, -0.1) is 0 Å². The second-order valence-corrected chi connectivity index (χ2v) is 18.2. The van der Waals surface area contributed by atoms with Crippen LogP contribution in [0.25, 0.3) is 0 Å². The molecule has 4 saturated carbocycles. The minimum atomic E-state index is 0.0273. The quantitative estimate of drug-likeness (QED) is 0.0661. The Balaban J connectivity index is 1.01. The van der Waals surface area contributed by atoms with Crippen LogP contribution in [0.4, 0.5) is 0 Å². The summed E-state index contributed by atoms with van der Waals surface area (Å²) in [6.07, 6.45) is 41.1. The molecular formula is C45H80O2. The SMILES string of the molecule is CCCCCCCCC=CCCCCCCCC(=O)OCC(C)CCC[C@@H](C)[C@H]1CC[C@H]2[C@@H]3CCC4CCCC[C@]4(C)[C@H]3CC[C@]12C. The Kier molecular flexibility index (Phi) is 16.7. The van der Waals surface area contributed by atoms with E-state index in [0.29, 0.717) is 29.8 Å². The summed E-state index contributed by atoms with van der Waals surface area (Å²) in [6, 6.07) is 0. The van der Waals surface area contributed by atoms with Crippen molar-refractivity contribution in [2.24, 2.45) is 52.3 Å². The minimum absolute atomic E-state index is 0.0273. The van der Waals surface area contributed by atoms with Gasteiger partial charge in [-0.05, 0) is 142 Å². The van der Waals surface area contributed by atoms with Gasteiger partial charge in [-0.3, -0.25) is 4.79 Å². The van der Waals surface area contributed by atoms with Crippen LogP contribution in [0.15, 0.2) is 12.2 Å². The number of carbonyl (C=O) groups excluding carboxylic acids is 1. The van der Waals surface area contributed by atoms with Crippen molar-refractivity contribution in [2.45, 2.75) is 208 Å². The number of fused-ring (bicyclic) bond motifs is 5. The zero-order valence-corrected chi connectivity index (χ0v) is 32.3. The van der Waals surface area contributed by atoms with Crippen LogP contribution in [-0.4, -0.2) is 12.6 Å². The number of rotatable bonds is 22. The van der Waals surface area contributed by atoms with E-state index >= 15 is 0 Å². The number of carbonyl (C=O) groups is 1. The van der Waals surface area contributed by atoms with Crippen LogP contribution >= 0.6 is 0 Å². The van der Waals surface area contributed by atoms with Gasteiger partial charge in [0, 0.05) is 6.42 Å². The fourth-order valence-corrected chi connectivity index (χ4v) is 12.0. The lowest BCUT2D eigenvalue weighted by Gasteiger charge is -2.61. The zero-order valence-electron chi connectivity index (χ0n) is 32.3. The van der Waals surface area contributed by atoms with Crippen LogP contribution in [0, 0.1) is 52.3 Å². The third-order valence-corrected chi connectivity index (χ3v) is 14.9. The van der Waals surface area contributed by atoms with Gasteiger partial charge in [0.2, 0.25) is 0 Å². The molecule has 4 aliphatic carbocycles. The average Bonchev–Trinajstić information content (AvgIpc) is 3.42. The molecule has 0 N–H and O–H groups in total. The van der Waals surface area contributed by atoms with Crippen LogP contribution in [0.1, 0.15) is 208 Å². The molecule has 0 heterocycles. The highest BCUT2D eigenvalue weighted by molar-refractivity contribution is 5.69. The maximum atomic E-state index is 12.4. The molecule has 0 aromatic rings. The lowest BCUT2D eigenvalue weighted by atomic mass is 9.44. The van der Waals surface area contributed by atoms with Gasteiger partial charge in [0.25, 0.3) is 0 Å². The van der Waals surface area contributed by atoms with Crippen LogP contribution < -0.4 is 0 Å². The molecule has 0 radical (unpaired) electrons. The van der Waals surface area contributed by atoms with Crippen LogP contribution in [-0.2, 0) is 9.53 Å². The van der Waals surface area contributed by atoms with E-state index in [1.54, 1.807) is 6.42 Å². The van der Waals surface area contributed by atoms with Crippen LogP contribution in [0.2, 0.25) is 0 Å². The Morgan fingerprint density at radius 1 is 0.702 bits per heavy atom. The Bertz CT molecular complexity index is 908. The molecule has 0 bridgehead atoms. The van der Waals surface area contributed by atoms with Gasteiger partial charge in [0.1, 0.15) is 0 Å². The number of unbranched alkanes of at least 4 members (excludes halogenated alkanes) is 11. The summed E-state index contributed by atoms with van der Waals surface area (Å²) in [6.45, 7) is 13.2. The predicted octanol–water partition coefficient (Wildman–Crippen LogP) is 14.1. The van der Waals surface area contributed by atoms with Gasteiger partial charge < -0.3 is 4.74 Å². The number of hydrogen-bond donors (Lipinski definition) is 0. The van der Waals surface area contributed by atoms with E-state index in [0.717, 1.165) is 48.3 Å². The topological polar surface area (TPSA) is 26.3 Å². The van der Waals surface area contributed by atoms with Crippen LogP contribution in [0.3, 0.4) is 0 Å². The van der Waals surface area contributed by atoms with Crippen molar-refractivity contribution in [2.75, 3.05) is 6.61 Å². The van der Waals surface area contributed by atoms with Crippen LogP contribution in [0.5, 0.6) is 0 Å². The molecule has 2 heteroatoms. The molecule has 272 valence electrons. The molecule has 0 spiro atoms. The van der Waals surface area contributed by atoms with Crippen molar-refractivity contribution in [1.29, 1.82) is 0 Å². The third kappa shape index (κ3) is 11.1. The summed E-state index contributed by atoms with van der Waals surface area (Å²) in [4.78, 5) is 12.4. The van der Waals surface area contributed by atoms with Crippen molar-refractivity contribution >= 4 is 5.97 Å². The van der Waals surface area contributed by atoms with E-state index in [1.807, 2.05) is 0 Å². The van der Waals surface area contributed by atoms with Gasteiger partial charge in [-0.25, -0.2) is 0 Å². The summed E-state index contributed by atoms with van der Waals surface area (Å²) in [5.74, 6) is 6.33. The molecule has 4 rings (SSSR count). The van der Waals surface area contributed by atoms with Crippen molar-refractivity contribution in [1.82, 2.24) is 0 Å². The largest absolute Gasteiger partial charge is 0.465 e. The van der Waals surface area contributed by atoms with Gasteiger partial charge >= 0.3 is 5.97 Å². The van der Waals surface area contributed by atoms with E-state index in [9.17, 15) is 4.79 Å². The third-order valence-electron chi connectivity index (χ3n) is 14.9. The van der Waals surface area contributed by atoms with Gasteiger partial charge in [0.05, 0.1) is 6.61 Å². The van der Waals surface area contributed by atoms with Crippen molar-refractivity contribution in [3.05, 3.63) is 12.2 Å². The van der Waals surface area contributed by atoms with Gasteiger partial charge in [0.15, 0.2) is 0 Å². The number of ether oxygens (including phenoxy) is 1. The highest BCUT2D eigenvalue weighted by atomic mass is 16.5. The lowest BCUT2D eigenvalue weighted by molar-refractivity contribution is -0.145. The standard InChI is InChI=1S/C45H80O2/c1-6-7-8-9-10-11-12-13-14-15-16-17-18-19-20-27-43(46)47-35-36(2)24-23-25-37(3)40-30-31-41-39-29-28-38-26-21-22-33-44(38,4)42(39)32-34-45(40,41)5/h13-14,36-42H,6-12,15-35H2,1-5H3/t36?,37-,38?,39+,40-,41+,42+,44+,45-/m1/s1. The molecule has 47 heavy (non-hydrogen) atoms. The molecule has 2 unspecified atom stereocenters. The summed E-state index contributed by atoms with van der Waals surface area (Å²) in [5, 5.41) is 0. The zero-order chi connectivity index (χ0) is 33.5. The van der Waals surface area contributed by atoms with Gasteiger partial charge in [-0.2, -0.15) is 0 Å². The average molecular weight is 653 g/mol. The molecular weight excluding hydrogens is 572 g/mol. The van der Waals surface area contributed by atoms with E-state index in [2.05, 4.69) is 46.8 Å². The maximum absolute atomic E-state index is 12.4. The highest BCUT2D eigenvalue weighted by Crippen LogP contribution is 2.68. The fraction of sp³-hybridized carbons (Fsp3) is 0.933. The van der Waals surface area contributed by atoms with E-state index in [-0.39, 0.29) is 5.97 Å². The Morgan fingerprint density at radius 2 is 1.38 bits per heavy atom. The monoisotopic (exact) mass is 653 g/mol. The summed E-state index contributed by atoms with van der Waals surface area (Å²) in [5.41, 5.74) is 1.25. The normalized spacial score (nSPS) is 33.3. The first-order chi connectivity index (χ1) is 22.8. The maximum Gasteiger partial charge on any atom is 0.305 e. The molecule has 0 aliphatic heterocycles. The van der Waals surface area contributed by atoms with Crippen molar-refractivity contribution in [3.63, 3.8) is 0 Å². The first kappa shape index (κ1) is 39.0. The lowest BCUT2D eigenvalue weighted by Crippen LogP contribution is -2.53. The van der Waals surface area contributed by atoms with Crippen molar-refractivity contribution < 1.29 is 9.53 Å². The molecule has 4 fully saturated rings. The fourth-order valence-electron chi connectivity index (χ4n) is 12.0. The molecule has 9 atom stereocenters. The summed E-state index contributed by atoms with van der Waals surface area (Å²) < 4.78 is 5.71. The van der Waals surface area contributed by atoms with Gasteiger partial charge in [-0.1, -0.05) is 124 Å². The molecule has 0 amide bonds. The molecule has 4 aliphatic rings. The van der Waals surface area contributed by atoms with E-state index in [1.165, 1.54) is 148 Å². The Morgan fingerprint density at radius 3 is 2.13 bits per heavy atom. The number of hydrogen-bond acceptors (Lipinski definition) is 2. The number of allylic oxidation sites excluding steroid dienone is 2. The van der Waals surface area contributed by atoms with Crippen molar-refractivity contribution in [3.8, 4) is 0 Å². The summed E-state index contributed by atoms with van der Waals surface area (Å²) in [7, 11) is 0. The van der Waals surface area contributed by atoms with E-state index < -0.39 is 0 Å². The predicted molar refractivity (Wildman–Crippen MR) is 202 cm³/mol. The smallest absolute Gasteiger partial charge is 0.305 e. The summed E-state index contributed by atoms with van der Waals surface area (Å²) >= 11 is 0. The second-order valence-electron chi connectivity index (χ2n) is 18.2.